The molecule has 2 bridgehead atoms. The van der Waals surface area contributed by atoms with Crippen LogP contribution in [0.2, 0.25) is 0 Å². The largest absolute Gasteiger partial charge is 0.491 e. The van der Waals surface area contributed by atoms with Crippen molar-refractivity contribution < 1.29 is 19.1 Å². The summed E-state index contributed by atoms with van der Waals surface area (Å²) in [5.41, 5.74) is 3.13. The van der Waals surface area contributed by atoms with E-state index in [4.69, 9.17) is 9.47 Å². The van der Waals surface area contributed by atoms with E-state index in [1.165, 1.54) is 25.9 Å². The molecule has 33 heavy (non-hydrogen) atoms. The van der Waals surface area contributed by atoms with Crippen molar-refractivity contribution in [3.05, 3.63) is 64.7 Å². The van der Waals surface area contributed by atoms with E-state index in [2.05, 4.69) is 15.5 Å². The minimum atomic E-state index is -0.115. The summed E-state index contributed by atoms with van der Waals surface area (Å²) >= 11 is 0. The monoisotopic (exact) mass is 451 g/mol. The number of hydrogen-bond donors (Lipinski definition) is 2. The van der Waals surface area contributed by atoms with Crippen LogP contribution in [0.3, 0.4) is 0 Å². The van der Waals surface area contributed by atoms with Gasteiger partial charge in [0.15, 0.2) is 0 Å². The molecule has 2 heterocycles. The van der Waals surface area contributed by atoms with Gasteiger partial charge in [0.25, 0.3) is 11.8 Å². The fraction of sp³-hybridized carbons (Fsp3) is 0.462. The normalized spacial score (nSPS) is 17.4. The predicted molar refractivity (Wildman–Crippen MR) is 127 cm³/mol. The Morgan fingerprint density at radius 3 is 2.82 bits per heavy atom. The summed E-state index contributed by atoms with van der Waals surface area (Å²) < 4.78 is 11.5. The molecule has 1 saturated heterocycles. The third-order valence-corrected chi connectivity index (χ3v) is 6.06. The molecular weight excluding hydrogens is 418 g/mol. The molecule has 7 nitrogen and oxygen atoms in total. The van der Waals surface area contributed by atoms with E-state index in [-0.39, 0.29) is 11.8 Å². The van der Waals surface area contributed by atoms with Crippen molar-refractivity contribution in [3.8, 4) is 5.75 Å². The van der Waals surface area contributed by atoms with E-state index < -0.39 is 0 Å². The van der Waals surface area contributed by atoms with Gasteiger partial charge in [0, 0.05) is 30.6 Å². The van der Waals surface area contributed by atoms with Crippen LogP contribution in [0, 0.1) is 0 Å². The van der Waals surface area contributed by atoms with Gasteiger partial charge in [-0.15, -0.1) is 0 Å². The first-order chi connectivity index (χ1) is 16.2. The maximum atomic E-state index is 12.8. The number of likely N-dealkylation sites (tertiary alicyclic amines) is 1. The molecule has 2 aromatic carbocycles. The minimum Gasteiger partial charge on any atom is -0.491 e. The average Bonchev–Trinajstić information content (AvgIpc) is 3.35. The number of benzene rings is 2. The van der Waals surface area contributed by atoms with Gasteiger partial charge >= 0.3 is 0 Å². The van der Waals surface area contributed by atoms with Gasteiger partial charge in [-0.3, -0.25) is 9.59 Å². The molecule has 7 heteroatoms. The molecule has 0 saturated carbocycles. The Kier molecular flexibility index (Phi) is 8.33. The van der Waals surface area contributed by atoms with Crippen LogP contribution in [0.4, 0.5) is 0 Å². The highest BCUT2D eigenvalue weighted by Gasteiger charge is 2.14. The van der Waals surface area contributed by atoms with Crippen molar-refractivity contribution in [1.29, 1.82) is 0 Å². The van der Waals surface area contributed by atoms with Gasteiger partial charge < -0.3 is 25.0 Å². The molecule has 176 valence electrons. The van der Waals surface area contributed by atoms with Crippen molar-refractivity contribution in [2.24, 2.45) is 0 Å². The minimum absolute atomic E-state index is 0.0740. The molecule has 2 aliphatic heterocycles. The number of ether oxygens (including phenoxy) is 2. The smallest absolute Gasteiger partial charge is 0.251 e. The number of fused-ring (bicyclic) bond motifs is 3. The summed E-state index contributed by atoms with van der Waals surface area (Å²) in [7, 11) is 0. The van der Waals surface area contributed by atoms with Crippen LogP contribution in [0.1, 0.15) is 51.1 Å². The van der Waals surface area contributed by atoms with Crippen LogP contribution in [0.5, 0.6) is 5.75 Å². The van der Waals surface area contributed by atoms with Gasteiger partial charge in [-0.05, 0) is 80.4 Å². The van der Waals surface area contributed by atoms with E-state index in [1.807, 2.05) is 36.4 Å². The highest BCUT2D eigenvalue weighted by molar-refractivity contribution is 5.95. The summed E-state index contributed by atoms with van der Waals surface area (Å²) in [6.07, 6.45) is 4.08. The zero-order valence-electron chi connectivity index (χ0n) is 19.1. The first-order valence-electron chi connectivity index (χ1n) is 11.9. The van der Waals surface area contributed by atoms with E-state index >= 15 is 0 Å². The van der Waals surface area contributed by atoms with Gasteiger partial charge in [0.2, 0.25) is 0 Å². The number of nitrogens with zero attached hydrogens (tertiary/aromatic N) is 1. The summed E-state index contributed by atoms with van der Waals surface area (Å²) in [5.74, 6) is 0.544. The van der Waals surface area contributed by atoms with Crippen LogP contribution in [-0.2, 0) is 11.2 Å². The Hall–Kier alpha value is -2.90. The number of carbonyl (C=O) groups excluding carboxylic acids is 2. The van der Waals surface area contributed by atoms with Crippen molar-refractivity contribution in [1.82, 2.24) is 15.5 Å². The zero-order chi connectivity index (χ0) is 22.9. The second kappa shape index (κ2) is 11.8. The molecule has 4 rings (SSSR count). The summed E-state index contributed by atoms with van der Waals surface area (Å²) in [6, 6.07) is 13.1. The first kappa shape index (κ1) is 23.3. The van der Waals surface area contributed by atoms with Gasteiger partial charge in [-0.1, -0.05) is 12.1 Å². The summed E-state index contributed by atoms with van der Waals surface area (Å²) in [4.78, 5) is 27.6. The summed E-state index contributed by atoms with van der Waals surface area (Å²) in [5, 5.41) is 5.92. The molecule has 2 aliphatic rings. The highest BCUT2D eigenvalue weighted by atomic mass is 16.5. The van der Waals surface area contributed by atoms with Crippen LogP contribution < -0.4 is 15.4 Å². The summed E-state index contributed by atoms with van der Waals surface area (Å²) in [6.45, 7) is 5.76. The molecule has 2 N–H and O–H groups in total. The number of hydrogen-bond acceptors (Lipinski definition) is 5. The number of nitrogens with one attached hydrogen (secondary N) is 2. The molecule has 0 spiro atoms. The average molecular weight is 452 g/mol. The number of amides is 2. The molecule has 2 aromatic rings. The van der Waals surface area contributed by atoms with Crippen molar-refractivity contribution in [2.45, 2.75) is 25.7 Å². The van der Waals surface area contributed by atoms with Crippen molar-refractivity contribution in [3.63, 3.8) is 0 Å². The Labute approximate surface area is 195 Å². The Morgan fingerprint density at radius 2 is 1.94 bits per heavy atom. The quantitative estimate of drug-likeness (QED) is 0.684. The SMILES string of the molecule is O=C(NCCCN1CCCC1)c1ccc2c(c1)Cc1cccc(c1)C(=O)NCCOCCO2. The lowest BCUT2D eigenvalue weighted by Gasteiger charge is -2.16. The highest BCUT2D eigenvalue weighted by Crippen LogP contribution is 2.24. The predicted octanol–water partition coefficient (Wildman–Crippen LogP) is 2.63. The maximum Gasteiger partial charge on any atom is 0.251 e. The molecule has 2 amide bonds. The van der Waals surface area contributed by atoms with Gasteiger partial charge in [0.05, 0.1) is 13.2 Å². The second-order valence-corrected chi connectivity index (χ2v) is 8.57. The molecule has 0 aromatic heterocycles. The van der Waals surface area contributed by atoms with Crippen LogP contribution in [0.15, 0.2) is 42.5 Å². The van der Waals surface area contributed by atoms with E-state index in [0.717, 1.165) is 29.8 Å². The lowest BCUT2D eigenvalue weighted by molar-refractivity contribution is 0.0865. The van der Waals surface area contributed by atoms with Gasteiger partial charge in [0.1, 0.15) is 12.4 Å². The topological polar surface area (TPSA) is 79.9 Å². The molecule has 0 atom stereocenters. The molecule has 0 radical (unpaired) electrons. The van der Waals surface area contributed by atoms with Crippen molar-refractivity contribution >= 4 is 11.8 Å². The first-order valence-corrected chi connectivity index (χ1v) is 11.9. The Bertz CT molecular complexity index is 956. The molecular formula is C26H33N3O4. The lowest BCUT2D eigenvalue weighted by atomic mass is 9.99. The maximum absolute atomic E-state index is 12.8. The van der Waals surface area contributed by atoms with E-state index in [1.54, 1.807) is 6.07 Å². The number of rotatable bonds is 5. The van der Waals surface area contributed by atoms with Crippen LogP contribution in [0.25, 0.3) is 0 Å². The van der Waals surface area contributed by atoms with Gasteiger partial charge in [-0.25, -0.2) is 0 Å². The fourth-order valence-electron chi connectivity index (χ4n) is 4.31. The lowest BCUT2D eigenvalue weighted by Crippen LogP contribution is -2.28. The van der Waals surface area contributed by atoms with Crippen LogP contribution in [-0.4, -0.2) is 69.3 Å². The third kappa shape index (κ3) is 6.79. The Balaban J connectivity index is 1.46. The fourth-order valence-corrected chi connectivity index (χ4v) is 4.31. The van der Waals surface area contributed by atoms with E-state index in [9.17, 15) is 9.59 Å². The van der Waals surface area contributed by atoms with Gasteiger partial charge in [-0.2, -0.15) is 0 Å². The second-order valence-electron chi connectivity index (χ2n) is 8.57. The third-order valence-electron chi connectivity index (χ3n) is 6.06. The van der Waals surface area contributed by atoms with Crippen LogP contribution >= 0.6 is 0 Å². The Morgan fingerprint density at radius 1 is 1.06 bits per heavy atom. The number of carbonyl (C=O) groups is 2. The molecule has 1 fully saturated rings. The zero-order valence-corrected chi connectivity index (χ0v) is 19.1. The molecule has 0 unspecified atom stereocenters. The molecule has 0 aliphatic carbocycles. The standard InChI is InChI=1S/C26H33N3O4/c30-25-21-6-3-5-20(17-21)18-23-19-22(7-8-24(23)33-16-15-32-14-10-28-25)26(31)27-9-4-13-29-11-1-2-12-29/h3,5-8,17,19H,1-2,4,9-16,18H2,(H,27,31)(H,28,30). The van der Waals surface area contributed by atoms with Crippen molar-refractivity contribution in [2.75, 3.05) is 52.5 Å². The van der Waals surface area contributed by atoms with E-state index in [0.29, 0.717) is 50.5 Å².